The van der Waals surface area contributed by atoms with E-state index in [2.05, 4.69) is 36.9 Å². The minimum absolute atomic E-state index is 1.15. The zero-order valence-corrected chi connectivity index (χ0v) is 9.92. The molecule has 0 N–H and O–H groups in total. The average Bonchev–Trinajstić information content (AvgIpc) is 2.30. The fraction of sp³-hybridized carbons (Fsp3) is 0.571. The van der Waals surface area contributed by atoms with Crippen molar-refractivity contribution in [1.82, 2.24) is 0 Å². The van der Waals surface area contributed by atoms with Gasteiger partial charge in [0.2, 0.25) is 0 Å². The second kappa shape index (κ2) is 4.69. The van der Waals surface area contributed by atoms with Gasteiger partial charge in [0.05, 0.1) is 0 Å². The maximum Gasteiger partial charge on any atom is 0.0401 e. The molecule has 0 aliphatic carbocycles. The van der Waals surface area contributed by atoms with Gasteiger partial charge in [-0.3, -0.25) is 0 Å². The van der Waals surface area contributed by atoms with Crippen molar-refractivity contribution in [3.63, 3.8) is 0 Å². The van der Waals surface area contributed by atoms with Crippen LogP contribution in [0.1, 0.15) is 37.3 Å². The highest BCUT2D eigenvalue weighted by Gasteiger charge is 2.14. The van der Waals surface area contributed by atoms with Gasteiger partial charge in [-0.1, -0.05) is 19.1 Å². The van der Waals surface area contributed by atoms with Gasteiger partial charge < -0.3 is 4.90 Å². The summed E-state index contributed by atoms with van der Waals surface area (Å²) in [6, 6.07) is 6.71. The highest BCUT2D eigenvalue weighted by atomic mass is 15.1. The molecule has 1 nitrogen and oxygen atoms in total. The molecule has 0 amide bonds. The van der Waals surface area contributed by atoms with Crippen LogP contribution < -0.4 is 4.90 Å². The molecule has 1 fully saturated rings. The zero-order valence-electron chi connectivity index (χ0n) is 9.92. The number of anilines is 1. The van der Waals surface area contributed by atoms with Crippen molar-refractivity contribution in [2.75, 3.05) is 18.0 Å². The first-order valence-electron chi connectivity index (χ1n) is 6.16. The van der Waals surface area contributed by atoms with Crippen LogP contribution in [0.15, 0.2) is 18.2 Å². The Morgan fingerprint density at radius 1 is 1.13 bits per heavy atom. The molecule has 0 atom stereocenters. The first kappa shape index (κ1) is 10.5. The van der Waals surface area contributed by atoms with E-state index in [-0.39, 0.29) is 0 Å². The van der Waals surface area contributed by atoms with Crippen LogP contribution in [-0.2, 0) is 6.42 Å². The van der Waals surface area contributed by atoms with Crippen LogP contribution in [0.3, 0.4) is 0 Å². The minimum Gasteiger partial charge on any atom is -0.371 e. The van der Waals surface area contributed by atoms with Crippen molar-refractivity contribution in [3.05, 3.63) is 29.3 Å². The largest absolute Gasteiger partial charge is 0.371 e. The first-order valence-corrected chi connectivity index (χ1v) is 6.16. The number of hydrogen-bond acceptors (Lipinski definition) is 1. The molecule has 1 saturated heterocycles. The Labute approximate surface area is 93.1 Å². The molecule has 0 aromatic heterocycles. The Morgan fingerprint density at radius 3 is 2.53 bits per heavy atom. The van der Waals surface area contributed by atoms with E-state index in [1.54, 1.807) is 5.56 Å². The molecule has 0 radical (unpaired) electrons. The van der Waals surface area contributed by atoms with Gasteiger partial charge in [0, 0.05) is 18.8 Å². The van der Waals surface area contributed by atoms with Crippen LogP contribution in [-0.4, -0.2) is 13.1 Å². The third-order valence-corrected chi connectivity index (χ3v) is 3.44. The molecular weight excluding hydrogens is 182 g/mol. The SMILES string of the molecule is CCc1c(C)cccc1N1CCCCC1. The van der Waals surface area contributed by atoms with Crippen LogP contribution in [0.25, 0.3) is 0 Å². The fourth-order valence-corrected chi connectivity index (χ4v) is 2.58. The zero-order chi connectivity index (χ0) is 10.7. The highest BCUT2D eigenvalue weighted by Crippen LogP contribution is 2.26. The van der Waals surface area contributed by atoms with Gasteiger partial charge in [0.25, 0.3) is 0 Å². The van der Waals surface area contributed by atoms with Crippen molar-refractivity contribution in [3.8, 4) is 0 Å². The van der Waals surface area contributed by atoms with E-state index in [0.717, 1.165) is 6.42 Å². The standard InChI is InChI=1S/C14H21N/c1-3-13-12(2)8-7-9-14(13)15-10-5-4-6-11-15/h7-9H,3-6,10-11H2,1-2H3. The monoisotopic (exact) mass is 203 g/mol. The number of rotatable bonds is 2. The Balaban J connectivity index is 2.29. The van der Waals surface area contributed by atoms with Crippen molar-refractivity contribution >= 4 is 5.69 Å². The highest BCUT2D eigenvalue weighted by molar-refractivity contribution is 5.56. The third-order valence-electron chi connectivity index (χ3n) is 3.44. The number of benzene rings is 1. The van der Waals surface area contributed by atoms with E-state index >= 15 is 0 Å². The lowest BCUT2D eigenvalue weighted by Gasteiger charge is -2.31. The summed E-state index contributed by atoms with van der Waals surface area (Å²) in [4.78, 5) is 2.56. The van der Waals surface area contributed by atoms with Crippen LogP contribution in [0.5, 0.6) is 0 Å². The van der Waals surface area contributed by atoms with Gasteiger partial charge in [-0.2, -0.15) is 0 Å². The molecule has 2 rings (SSSR count). The Morgan fingerprint density at radius 2 is 1.87 bits per heavy atom. The predicted molar refractivity (Wildman–Crippen MR) is 66.6 cm³/mol. The Hall–Kier alpha value is -0.980. The number of piperidine rings is 1. The first-order chi connectivity index (χ1) is 7.33. The maximum atomic E-state index is 2.56. The molecule has 0 bridgehead atoms. The second-order valence-electron chi connectivity index (χ2n) is 4.47. The van der Waals surface area contributed by atoms with Crippen LogP contribution >= 0.6 is 0 Å². The molecule has 1 aliphatic rings. The van der Waals surface area contributed by atoms with E-state index < -0.39 is 0 Å². The summed E-state index contributed by atoms with van der Waals surface area (Å²) in [6.45, 7) is 6.98. The van der Waals surface area contributed by atoms with E-state index in [9.17, 15) is 0 Å². The van der Waals surface area contributed by atoms with E-state index in [4.69, 9.17) is 0 Å². The molecule has 1 aliphatic heterocycles. The lowest BCUT2D eigenvalue weighted by atomic mass is 10.0. The molecule has 1 heterocycles. The summed E-state index contributed by atoms with van der Waals surface area (Å²) in [7, 11) is 0. The molecule has 0 saturated carbocycles. The lowest BCUT2D eigenvalue weighted by molar-refractivity contribution is 0.576. The smallest absolute Gasteiger partial charge is 0.0401 e. The normalized spacial score (nSPS) is 16.8. The summed E-state index contributed by atoms with van der Waals surface area (Å²) in [5, 5.41) is 0. The van der Waals surface area contributed by atoms with Crippen LogP contribution in [0.2, 0.25) is 0 Å². The van der Waals surface area contributed by atoms with Crippen molar-refractivity contribution in [2.45, 2.75) is 39.5 Å². The van der Waals surface area contributed by atoms with E-state index in [1.165, 1.54) is 43.6 Å². The summed E-state index contributed by atoms with van der Waals surface area (Å²) < 4.78 is 0. The van der Waals surface area contributed by atoms with Gasteiger partial charge in [-0.15, -0.1) is 0 Å². The maximum absolute atomic E-state index is 2.56. The predicted octanol–water partition coefficient (Wildman–Crippen LogP) is 3.55. The van der Waals surface area contributed by atoms with E-state index in [0.29, 0.717) is 0 Å². The van der Waals surface area contributed by atoms with Crippen molar-refractivity contribution in [2.24, 2.45) is 0 Å². The molecule has 1 heteroatoms. The number of nitrogens with zero attached hydrogens (tertiary/aromatic N) is 1. The summed E-state index contributed by atoms with van der Waals surface area (Å²) >= 11 is 0. The van der Waals surface area contributed by atoms with Crippen molar-refractivity contribution < 1.29 is 0 Å². The van der Waals surface area contributed by atoms with Gasteiger partial charge in [-0.05, 0) is 49.8 Å². The molecule has 1 aromatic carbocycles. The van der Waals surface area contributed by atoms with Gasteiger partial charge in [0.1, 0.15) is 0 Å². The van der Waals surface area contributed by atoms with Gasteiger partial charge in [0.15, 0.2) is 0 Å². The lowest BCUT2D eigenvalue weighted by Crippen LogP contribution is -2.30. The van der Waals surface area contributed by atoms with Crippen molar-refractivity contribution in [1.29, 1.82) is 0 Å². The molecule has 15 heavy (non-hydrogen) atoms. The minimum atomic E-state index is 1.15. The van der Waals surface area contributed by atoms with E-state index in [1.807, 2.05) is 0 Å². The van der Waals surface area contributed by atoms with Gasteiger partial charge in [-0.25, -0.2) is 0 Å². The average molecular weight is 203 g/mol. The van der Waals surface area contributed by atoms with Gasteiger partial charge >= 0.3 is 0 Å². The molecule has 82 valence electrons. The number of aryl methyl sites for hydroxylation is 1. The topological polar surface area (TPSA) is 3.24 Å². The third kappa shape index (κ3) is 2.17. The molecule has 1 aromatic rings. The summed E-state index contributed by atoms with van der Waals surface area (Å²) in [6.07, 6.45) is 5.27. The quantitative estimate of drug-likeness (QED) is 0.710. The Bertz CT molecular complexity index is 324. The van der Waals surface area contributed by atoms with Crippen LogP contribution in [0, 0.1) is 6.92 Å². The van der Waals surface area contributed by atoms with Crippen LogP contribution in [0.4, 0.5) is 5.69 Å². The second-order valence-corrected chi connectivity index (χ2v) is 4.47. The summed E-state index contributed by atoms with van der Waals surface area (Å²) in [5.74, 6) is 0. The molecule has 0 unspecified atom stereocenters. The number of hydrogen-bond donors (Lipinski definition) is 0. The Kier molecular flexibility index (Phi) is 3.30. The molecular formula is C14H21N. The summed E-state index contributed by atoms with van der Waals surface area (Å²) in [5.41, 5.74) is 4.47. The molecule has 0 spiro atoms. The fourth-order valence-electron chi connectivity index (χ4n) is 2.58.